The lowest BCUT2D eigenvalue weighted by Crippen LogP contribution is -1.99. The van der Waals surface area contributed by atoms with Crippen LogP contribution in [-0.2, 0) is 13.6 Å². The van der Waals surface area contributed by atoms with Gasteiger partial charge in [0.1, 0.15) is 16.1 Å². The summed E-state index contributed by atoms with van der Waals surface area (Å²) < 4.78 is 17.9. The highest BCUT2D eigenvalue weighted by molar-refractivity contribution is 9.10. The van der Waals surface area contributed by atoms with E-state index in [4.69, 9.17) is 0 Å². The molecule has 0 bridgehead atoms. The Balaban J connectivity index is 2.15. The number of halogens is 2. The minimum atomic E-state index is -0.821. The largest absolute Gasteiger partial charge is 0.389 e. The van der Waals surface area contributed by atoms with Crippen molar-refractivity contribution < 1.29 is 9.50 Å². The molecule has 0 aliphatic carbocycles. The molecule has 0 fully saturated rings. The van der Waals surface area contributed by atoms with Gasteiger partial charge in [-0.15, -0.1) is 0 Å². The molecule has 5 nitrogen and oxygen atoms in total. The summed E-state index contributed by atoms with van der Waals surface area (Å²) in [4.78, 5) is 0. The fraction of sp³-hybridized carbons (Fsp3) is 0.263. The van der Waals surface area contributed by atoms with Crippen LogP contribution in [0.1, 0.15) is 36.6 Å². The van der Waals surface area contributed by atoms with Crippen LogP contribution < -0.4 is 0 Å². The van der Waals surface area contributed by atoms with Crippen molar-refractivity contribution in [2.24, 2.45) is 7.05 Å². The number of aliphatic hydroxyl groups excluding tert-OH is 1. The minimum absolute atomic E-state index is 0.395. The first-order chi connectivity index (χ1) is 12.3. The van der Waals surface area contributed by atoms with Gasteiger partial charge in [-0.05, 0) is 59.1 Å². The molecule has 3 aromatic rings. The predicted molar refractivity (Wildman–Crippen MR) is 103 cm³/mol. The third kappa shape index (κ3) is 3.37. The third-order valence-electron chi connectivity index (χ3n) is 4.24. The SMILES string of the molecule is C=C(c1cn(CC)nc1Br)c1cn(C)nc1-c1ccc(F)cc1[C@@H](C)O. The van der Waals surface area contributed by atoms with Gasteiger partial charge >= 0.3 is 0 Å². The number of hydrogen-bond acceptors (Lipinski definition) is 3. The molecule has 0 unspecified atom stereocenters. The molecular formula is C19H20BrFN4O. The van der Waals surface area contributed by atoms with E-state index < -0.39 is 11.9 Å². The van der Waals surface area contributed by atoms with Crippen molar-refractivity contribution in [2.45, 2.75) is 26.5 Å². The van der Waals surface area contributed by atoms with E-state index in [1.54, 1.807) is 17.7 Å². The summed E-state index contributed by atoms with van der Waals surface area (Å²) in [6, 6.07) is 4.35. The highest BCUT2D eigenvalue weighted by atomic mass is 79.9. The average Bonchev–Trinajstić information content (AvgIpc) is 3.16. The summed E-state index contributed by atoms with van der Waals surface area (Å²) in [6.07, 6.45) is 2.96. The van der Waals surface area contributed by atoms with Crippen molar-refractivity contribution in [3.05, 3.63) is 64.3 Å². The second-order valence-corrected chi connectivity index (χ2v) is 6.89. The first-order valence-electron chi connectivity index (χ1n) is 8.26. The molecule has 2 aromatic heterocycles. The quantitative estimate of drug-likeness (QED) is 0.670. The van der Waals surface area contributed by atoms with E-state index in [9.17, 15) is 9.50 Å². The topological polar surface area (TPSA) is 55.9 Å². The molecule has 1 N–H and O–H groups in total. The zero-order chi connectivity index (χ0) is 19.0. The Morgan fingerprint density at radius 3 is 2.65 bits per heavy atom. The highest BCUT2D eigenvalue weighted by Crippen LogP contribution is 2.36. The Morgan fingerprint density at radius 1 is 1.31 bits per heavy atom. The van der Waals surface area contributed by atoms with Crippen molar-refractivity contribution in [1.29, 1.82) is 0 Å². The summed E-state index contributed by atoms with van der Waals surface area (Å²) in [6.45, 7) is 8.59. The fourth-order valence-electron chi connectivity index (χ4n) is 2.91. The standard InChI is InChI=1S/C19H20BrFN4O/c1-5-25-10-17(19(20)23-25)11(2)16-9-24(4)22-18(16)14-7-6-13(21)8-15(14)12(3)26/h6-10,12,26H,2,5H2,1,3-4H3/t12-/m1/s1. The molecule has 2 heterocycles. The average molecular weight is 419 g/mol. The number of aliphatic hydroxyl groups is 1. The minimum Gasteiger partial charge on any atom is -0.389 e. The molecule has 0 saturated carbocycles. The highest BCUT2D eigenvalue weighted by Gasteiger charge is 2.21. The van der Waals surface area contributed by atoms with Crippen LogP contribution in [0, 0.1) is 5.82 Å². The Bertz CT molecular complexity index is 974. The second kappa shape index (κ2) is 7.17. The molecule has 0 amide bonds. The monoisotopic (exact) mass is 418 g/mol. The van der Waals surface area contributed by atoms with Crippen LogP contribution in [0.5, 0.6) is 0 Å². The van der Waals surface area contributed by atoms with Crippen LogP contribution in [0.15, 0.2) is 41.8 Å². The predicted octanol–water partition coefficient (Wildman–Crippen LogP) is 4.32. The van der Waals surface area contributed by atoms with E-state index in [-0.39, 0.29) is 0 Å². The second-order valence-electron chi connectivity index (χ2n) is 6.14. The maximum absolute atomic E-state index is 13.7. The summed E-state index contributed by atoms with van der Waals surface area (Å²) in [7, 11) is 1.82. The molecule has 1 aromatic carbocycles. The molecule has 0 aliphatic rings. The van der Waals surface area contributed by atoms with Gasteiger partial charge in [-0.1, -0.05) is 6.58 Å². The summed E-state index contributed by atoms with van der Waals surface area (Å²) >= 11 is 3.48. The summed E-state index contributed by atoms with van der Waals surface area (Å²) in [5, 5.41) is 19.0. The molecule has 26 heavy (non-hydrogen) atoms. The lowest BCUT2D eigenvalue weighted by molar-refractivity contribution is 0.199. The molecule has 0 saturated heterocycles. The van der Waals surface area contributed by atoms with E-state index in [0.717, 1.165) is 23.2 Å². The number of hydrogen-bond donors (Lipinski definition) is 1. The van der Waals surface area contributed by atoms with Crippen molar-refractivity contribution in [1.82, 2.24) is 19.6 Å². The third-order valence-corrected chi connectivity index (χ3v) is 4.82. The van der Waals surface area contributed by atoms with Gasteiger partial charge in [-0.3, -0.25) is 9.36 Å². The van der Waals surface area contributed by atoms with Crippen molar-refractivity contribution >= 4 is 21.5 Å². The summed E-state index contributed by atoms with van der Waals surface area (Å²) in [5.41, 5.74) is 4.22. The molecule has 7 heteroatoms. The smallest absolute Gasteiger partial charge is 0.135 e. The van der Waals surface area contributed by atoms with E-state index in [2.05, 4.69) is 32.7 Å². The molecule has 0 spiro atoms. The zero-order valence-corrected chi connectivity index (χ0v) is 16.5. The van der Waals surface area contributed by atoms with Crippen LogP contribution in [-0.4, -0.2) is 24.7 Å². The van der Waals surface area contributed by atoms with E-state index in [1.165, 1.54) is 12.1 Å². The number of benzene rings is 1. The van der Waals surface area contributed by atoms with E-state index in [1.807, 2.05) is 31.0 Å². The maximum Gasteiger partial charge on any atom is 0.135 e. The van der Waals surface area contributed by atoms with Gasteiger partial charge in [0, 0.05) is 42.7 Å². The Hall–Kier alpha value is -2.25. The van der Waals surface area contributed by atoms with Gasteiger partial charge in [0.2, 0.25) is 0 Å². The molecule has 3 rings (SSSR count). The van der Waals surface area contributed by atoms with E-state index >= 15 is 0 Å². The van der Waals surface area contributed by atoms with Gasteiger partial charge in [0.25, 0.3) is 0 Å². The molecular weight excluding hydrogens is 399 g/mol. The van der Waals surface area contributed by atoms with Gasteiger partial charge < -0.3 is 5.11 Å². The van der Waals surface area contributed by atoms with Crippen LogP contribution in [0.4, 0.5) is 4.39 Å². The molecule has 0 aliphatic heterocycles. The van der Waals surface area contributed by atoms with Crippen molar-refractivity contribution in [3.8, 4) is 11.3 Å². The Morgan fingerprint density at radius 2 is 2.04 bits per heavy atom. The number of aromatic nitrogens is 4. The van der Waals surface area contributed by atoms with Gasteiger partial charge in [-0.2, -0.15) is 10.2 Å². The first-order valence-corrected chi connectivity index (χ1v) is 9.05. The van der Waals surface area contributed by atoms with Gasteiger partial charge in [0.15, 0.2) is 0 Å². The van der Waals surface area contributed by atoms with Crippen LogP contribution in [0.3, 0.4) is 0 Å². The van der Waals surface area contributed by atoms with Crippen molar-refractivity contribution in [2.75, 3.05) is 0 Å². The lowest BCUT2D eigenvalue weighted by atomic mass is 9.94. The number of aryl methyl sites for hydroxylation is 2. The van der Waals surface area contributed by atoms with Crippen LogP contribution >= 0.6 is 15.9 Å². The first kappa shape index (κ1) is 18.5. The van der Waals surface area contributed by atoms with E-state index in [0.29, 0.717) is 21.4 Å². The van der Waals surface area contributed by atoms with Crippen LogP contribution in [0.25, 0.3) is 16.8 Å². The van der Waals surface area contributed by atoms with Gasteiger partial charge in [-0.25, -0.2) is 4.39 Å². The van der Waals surface area contributed by atoms with Gasteiger partial charge in [0.05, 0.1) is 6.10 Å². The van der Waals surface area contributed by atoms with Crippen molar-refractivity contribution in [3.63, 3.8) is 0 Å². The molecule has 1 atom stereocenters. The Labute approximate surface area is 159 Å². The number of nitrogens with zero attached hydrogens (tertiary/aromatic N) is 4. The normalized spacial score (nSPS) is 12.4. The lowest BCUT2D eigenvalue weighted by Gasteiger charge is -2.12. The fourth-order valence-corrected chi connectivity index (χ4v) is 3.46. The molecule has 136 valence electrons. The molecule has 0 radical (unpaired) electrons. The zero-order valence-electron chi connectivity index (χ0n) is 14.9. The number of rotatable bonds is 5. The van der Waals surface area contributed by atoms with Crippen LogP contribution in [0.2, 0.25) is 0 Å². The Kier molecular flexibility index (Phi) is 5.11. The summed E-state index contributed by atoms with van der Waals surface area (Å²) in [5.74, 6) is -0.395. The maximum atomic E-state index is 13.7.